The molecule has 3 heteroatoms. The minimum Gasteiger partial charge on any atom is -0.247 e. The number of halogens is 3. The third-order valence-electron chi connectivity index (χ3n) is 1.73. The van der Waals surface area contributed by atoms with Crippen LogP contribution in [0, 0.1) is 0 Å². The Kier molecular flexibility index (Phi) is 2.02. The summed E-state index contributed by atoms with van der Waals surface area (Å²) in [6.07, 6.45) is -4.76. The summed E-state index contributed by atoms with van der Waals surface area (Å²) in [6, 6.07) is 0. The van der Waals surface area contributed by atoms with Crippen LogP contribution >= 0.6 is 0 Å². The Hall–Kier alpha value is -0.470. The van der Waals surface area contributed by atoms with Crippen LogP contribution in [0.25, 0.3) is 0 Å². The van der Waals surface area contributed by atoms with Crippen molar-refractivity contribution in [2.24, 2.45) is 0 Å². The zero-order chi connectivity index (χ0) is 7.72. The summed E-state index contributed by atoms with van der Waals surface area (Å²) in [4.78, 5) is 0. The number of hydrogen-bond donors (Lipinski definition) is 0. The molecule has 0 aromatic carbocycles. The molecule has 0 bridgehead atoms. The molecule has 1 fully saturated rings. The summed E-state index contributed by atoms with van der Waals surface area (Å²) >= 11 is 0. The number of rotatable bonds is 0. The quantitative estimate of drug-likeness (QED) is 0.465. The second-order valence-electron chi connectivity index (χ2n) is 2.58. The average Bonchev–Trinajstić information content (AvgIpc) is 1.82. The maximum atomic E-state index is 12.5. The molecular formula is C7H9F3. The van der Waals surface area contributed by atoms with Gasteiger partial charge in [-0.25, -0.2) is 13.2 Å². The number of hydrogen-bond acceptors (Lipinski definition) is 0. The van der Waals surface area contributed by atoms with Gasteiger partial charge in [-0.1, -0.05) is 6.58 Å². The van der Waals surface area contributed by atoms with E-state index in [0.717, 1.165) is 0 Å². The van der Waals surface area contributed by atoms with Gasteiger partial charge in [-0.15, -0.1) is 0 Å². The number of alkyl halides is 3. The fourth-order valence-corrected chi connectivity index (χ4v) is 1.04. The van der Waals surface area contributed by atoms with E-state index >= 15 is 0 Å². The normalized spacial score (nSPS) is 41.9. The molecule has 0 nitrogen and oxygen atoms in total. The van der Waals surface area contributed by atoms with Crippen LogP contribution in [-0.2, 0) is 0 Å². The van der Waals surface area contributed by atoms with E-state index in [1.54, 1.807) is 0 Å². The maximum Gasteiger partial charge on any atom is 0.126 e. The van der Waals surface area contributed by atoms with Crippen LogP contribution < -0.4 is 0 Å². The average molecular weight is 150 g/mol. The van der Waals surface area contributed by atoms with Gasteiger partial charge in [0.05, 0.1) is 0 Å². The lowest BCUT2D eigenvalue weighted by molar-refractivity contribution is 0.144. The van der Waals surface area contributed by atoms with E-state index in [1.165, 1.54) is 0 Å². The van der Waals surface area contributed by atoms with Crippen molar-refractivity contribution in [2.75, 3.05) is 0 Å². The van der Waals surface area contributed by atoms with E-state index < -0.39 is 18.5 Å². The molecule has 2 atom stereocenters. The zero-order valence-corrected chi connectivity index (χ0v) is 5.49. The molecule has 0 aromatic rings. The molecule has 2 unspecified atom stereocenters. The first kappa shape index (κ1) is 7.63. The Balaban J connectivity index is 2.57. The van der Waals surface area contributed by atoms with Crippen LogP contribution in [0.5, 0.6) is 0 Å². The van der Waals surface area contributed by atoms with Crippen LogP contribution in [0.3, 0.4) is 0 Å². The fraction of sp³-hybridized carbons (Fsp3) is 0.714. The van der Waals surface area contributed by atoms with E-state index in [-0.39, 0.29) is 18.4 Å². The molecule has 1 saturated carbocycles. The van der Waals surface area contributed by atoms with Crippen molar-refractivity contribution in [1.29, 1.82) is 0 Å². The van der Waals surface area contributed by atoms with E-state index in [9.17, 15) is 13.2 Å². The third kappa shape index (κ3) is 1.33. The fourth-order valence-electron chi connectivity index (χ4n) is 1.04. The van der Waals surface area contributed by atoms with Gasteiger partial charge in [-0.2, -0.15) is 0 Å². The van der Waals surface area contributed by atoms with Crippen LogP contribution in [0.1, 0.15) is 12.8 Å². The molecule has 0 N–H and O–H groups in total. The highest BCUT2D eigenvalue weighted by Crippen LogP contribution is 2.29. The van der Waals surface area contributed by atoms with Crippen molar-refractivity contribution in [2.45, 2.75) is 31.4 Å². The number of allylic oxidation sites excluding steroid dienone is 1. The molecule has 58 valence electrons. The van der Waals surface area contributed by atoms with Gasteiger partial charge in [0.1, 0.15) is 18.5 Å². The first-order valence-corrected chi connectivity index (χ1v) is 3.22. The molecule has 10 heavy (non-hydrogen) atoms. The van der Waals surface area contributed by atoms with Gasteiger partial charge in [0, 0.05) is 12.8 Å². The van der Waals surface area contributed by atoms with Crippen molar-refractivity contribution < 1.29 is 13.2 Å². The maximum absolute atomic E-state index is 12.5. The molecule has 1 aliphatic rings. The van der Waals surface area contributed by atoms with Crippen molar-refractivity contribution >= 4 is 0 Å². The van der Waals surface area contributed by atoms with Gasteiger partial charge >= 0.3 is 0 Å². The highest BCUT2D eigenvalue weighted by atomic mass is 19.2. The molecule has 0 amide bonds. The first-order valence-electron chi connectivity index (χ1n) is 3.22. The molecule has 0 radical (unpaired) electrons. The smallest absolute Gasteiger partial charge is 0.126 e. The van der Waals surface area contributed by atoms with Gasteiger partial charge in [0.25, 0.3) is 0 Å². The largest absolute Gasteiger partial charge is 0.247 e. The lowest BCUT2D eigenvalue weighted by atomic mass is 9.91. The summed E-state index contributed by atoms with van der Waals surface area (Å²) in [5.74, 6) is 0. The van der Waals surface area contributed by atoms with Crippen molar-refractivity contribution in [3.05, 3.63) is 12.2 Å². The molecule has 0 aliphatic heterocycles. The third-order valence-corrected chi connectivity index (χ3v) is 1.73. The Bertz CT molecular complexity index is 130. The van der Waals surface area contributed by atoms with Crippen molar-refractivity contribution in [3.8, 4) is 0 Å². The molecule has 0 spiro atoms. The van der Waals surface area contributed by atoms with E-state index in [2.05, 4.69) is 6.58 Å². The van der Waals surface area contributed by atoms with Crippen LogP contribution in [0.4, 0.5) is 13.2 Å². The SMILES string of the molecule is C=C1C(F)CC(F)CC1F. The molecule has 0 saturated heterocycles. The summed E-state index contributed by atoms with van der Waals surface area (Å²) in [6.45, 7) is 3.19. The molecule has 0 heterocycles. The Labute approximate surface area is 57.7 Å². The summed E-state index contributed by atoms with van der Waals surface area (Å²) < 4.78 is 37.3. The summed E-state index contributed by atoms with van der Waals surface area (Å²) in [7, 11) is 0. The van der Waals surface area contributed by atoms with E-state index in [4.69, 9.17) is 0 Å². The van der Waals surface area contributed by atoms with Gasteiger partial charge in [0.2, 0.25) is 0 Å². The predicted molar refractivity (Wildman–Crippen MR) is 33.1 cm³/mol. The molecular weight excluding hydrogens is 141 g/mol. The van der Waals surface area contributed by atoms with Gasteiger partial charge < -0.3 is 0 Å². The summed E-state index contributed by atoms with van der Waals surface area (Å²) in [5.41, 5.74) is -0.103. The lowest BCUT2D eigenvalue weighted by Gasteiger charge is -2.24. The lowest BCUT2D eigenvalue weighted by Crippen LogP contribution is -2.28. The Morgan fingerprint density at radius 1 is 1.10 bits per heavy atom. The molecule has 1 aliphatic carbocycles. The Morgan fingerprint density at radius 3 is 1.90 bits per heavy atom. The second kappa shape index (κ2) is 2.64. The molecule has 1 rings (SSSR count). The van der Waals surface area contributed by atoms with Gasteiger partial charge in [0.15, 0.2) is 0 Å². The highest BCUT2D eigenvalue weighted by molar-refractivity contribution is 5.12. The minimum atomic E-state index is -1.49. The van der Waals surface area contributed by atoms with Crippen LogP contribution in [0.2, 0.25) is 0 Å². The van der Waals surface area contributed by atoms with E-state index in [0.29, 0.717) is 0 Å². The van der Waals surface area contributed by atoms with Crippen LogP contribution in [0.15, 0.2) is 12.2 Å². The standard InChI is InChI=1S/C7H9F3/c1-4-6(9)2-5(8)3-7(4)10/h5-7H,1-3H2. The molecule has 0 aromatic heterocycles. The topological polar surface area (TPSA) is 0 Å². The van der Waals surface area contributed by atoms with Gasteiger partial charge in [-0.05, 0) is 5.57 Å². The highest BCUT2D eigenvalue weighted by Gasteiger charge is 2.31. The zero-order valence-electron chi connectivity index (χ0n) is 5.49. The van der Waals surface area contributed by atoms with Crippen LogP contribution in [-0.4, -0.2) is 18.5 Å². The second-order valence-corrected chi connectivity index (χ2v) is 2.58. The minimum absolute atomic E-state index is 0.103. The van der Waals surface area contributed by atoms with Crippen molar-refractivity contribution in [1.82, 2.24) is 0 Å². The predicted octanol–water partition coefficient (Wildman–Crippen LogP) is 2.35. The summed E-state index contributed by atoms with van der Waals surface area (Å²) in [5, 5.41) is 0. The monoisotopic (exact) mass is 150 g/mol. The van der Waals surface area contributed by atoms with Gasteiger partial charge in [-0.3, -0.25) is 0 Å². The van der Waals surface area contributed by atoms with Crippen molar-refractivity contribution in [3.63, 3.8) is 0 Å². The first-order chi connectivity index (χ1) is 4.61. The Morgan fingerprint density at radius 2 is 1.50 bits per heavy atom. The van der Waals surface area contributed by atoms with E-state index in [1.807, 2.05) is 0 Å².